The normalized spacial score (nSPS) is 11.8. The Hall–Kier alpha value is -3.65. The molecule has 30 heavy (non-hydrogen) atoms. The molecule has 0 unspecified atom stereocenters. The van der Waals surface area contributed by atoms with Gasteiger partial charge in [0.25, 0.3) is 0 Å². The Balaban J connectivity index is 1.29. The summed E-state index contributed by atoms with van der Waals surface area (Å²) >= 11 is 0. The van der Waals surface area contributed by atoms with E-state index in [1.807, 2.05) is 24.3 Å². The number of ether oxygens (including phenoxy) is 1. The van der Waals surface area contributed by atoms with Crippen molar-refractivity contribution in [2.75, 3.05) is 13.2 Å². The van der Waals surface area contributed by atoms with Crippen molar-refractivity contribution in [2.45, 2.75) is 19.3 Å². The van der Waals surface area contributed by atoms with Crippen LogP contribution in [0.3, 0.4) is 0 Å². The smallest absolute Gasteiger partial charge is 0.407 e. The van der Waals surface area contributed by atoms with E-state index in [0.717, 1.165) is 0 Å². The van der Waals surface area contributed by atoms with E-state index in [-0.39, 0.29) is 18.3 Å². The lowest BCUT2D eigenvalue weighted by molar-refractivity contribution is 0.143. The van der Waals surface area contributed by atoms with E-state index in [0.29, 0.717) is 24.4 Å². The fourth-order valence-corrected chi connectivity index (χ4v) is 3.64. The lowest BCUT2D eigenvalue weighted by Crippen LogP contribution is -2.26. The molecule has 0 radical (unpaired) electrons. The number of carbonyl (C=O) groups excluding carboxylic acids is 1. The second-order valence-corrected chi connectivity index (χ2v) is 7.07. The minimum Gasteiger partial charge on any atom is -0.449 e. The summed E-state index contributed by atoms with van der Waals surface area (Å²) in [7, 11) is 0. The van der Waals surface area contributed by atoms with E-state index < -0.39 is 6.09 Å². The molecule has 3 aromatic rings. The second-order valence-electron chi connectivity index (χ2n) is 7.07. The fourth-order valence-electron chi connectivity index (χ4n) is 3.64. The summed E-state index contributed by atoms with van der Waals surface area (Å²) in [6, 6.07) is 19.3. The number of hydrogen-bond acceptors (Lipinski definition) is 3. The highest BCUT2D eigenvalue weighted by Gasteiger charge is 2.28. The van der Waals surface area contributed by atoms with Gasteiger partial charge in [-0.15, -0.1) is 0 Å². The molecule has 0 bridgehead atoms. The Morgan fingerprint density at radius 2 is 1.73 bits per heavy atom. The van der Waals surface area contributed by atoms with Crippen LogP contribution in [0.25, 0.3) is 11.1 Å². The Kier molecular flexibility index (Phi) is 5.76. The average molecular weight is 400 g/mol. The van der Waals surface area contributed by atoms with E-state index in [1.165, 1.54) is 34.4 Å². The molecule has 2 aromatic carbocycles. The fraction of sp³-hybridized carbons (Fsp3) is 0.200. The number of aryl methyl sites for hydroxylation is 1. The maximum Gasteiger partial charge on any atom is 0.407 e. The summed E-state index contributed by atoms with van der Waals surface area (Å²) in [6.07, 6.45) is -0.0168. The van der Waals surface area contributed by atoms with Gasteiger partial charge in [0.1, 0.15) is 18.1 Å². The number of pyridine rings is 1. The van der Waals surface area contributed by atoms with E-state index >= 15 is 0 Å². The number of nitrogens with zero attached hydrogens (tertiary/aromatic N) is 1. The maximum atomic E-state index is 13.2. The van der Waals surface area contributed by atoms with Gasteiger partial charge in [0.15, 0.2) is 0 Å². The maximum absolute atomic E-state index is 13.2. The first-order valence-electron chi connectivity index (χ1n) is 9.84. The van der Waals surface area contributed by atoms with Gasteiger partial charge < -0.3 is 10.1 Å². The van der Waals surface area contributed by atoms with Gasteiger partial charge in [-0.05, 0) is 47.2 Å². The first kappa shape index (κ1) is 19.7. The number of aromatic nitrogens is 1. The van der Waals surface area contributed by atoms with Crippen LogP contribution in [0.15, 0.2) is 60.7 Å². The summed E-state index contributed by atoms with van der Waals surface area (Å²) in [4.78, 5) is 16.2. The minimum absolute atomic E-state index is 0.0377. The number of benzene rings is 2. The predicted molar refractivity (Wildman–Crippen MR) is 113 cm³/mol. The van der Waals surface area contributed by atoms with Crippen LogP contribution in [-0.4, -0.2) is 24.2 Å². The minimum atomic E-state index is -0.464. The van der Waals surface area contributed by atoms with E-state index in [1.54, 1.807) is 6.92 Å². The molecule has 0 atom stereocenters. The van der Waals surface area contributed by atoms with Crippen LogP contribution >= 0.6 is 0 Å². The lowest BCUT2D eigenvalue weighted by atomic mass is 9.98. The molecule has 0 aliphatic heterocycles. The van der Waals surface area contributed by atoms with Gasteiger partial charge in [-0.2, -0.15) is 0 Å². The highest BCUT2D eigenvalue weighted by molar-refractivity contribution is 5.79. The third-order valence-corrected chi connectivity index (χ3v) is 5.10. The number of rotatable bonds is 4. The van der Waals surface area contributed by atoms with Gasteiger partial charge in [0, 0.05) is 18.9 Å². The van der Waals surface area contributed by atoms with Crippen molar-refractivity contribution in [1.29, 1.82) is 0 Å². The molecule has 5 heteroatoms. The number of carbonyl (C=O) groups is 1. The molecule has 1 amide bonds. The molecule has 0 fully saturated rings. The van der Waals surface area contributed by atoms with Gasteiger partial charge in [0.2, 0.25) is 0 Å². The van der Waals surface area contributed by atoms with Crippen LogP contribution in [0.5, 0.6) is 0 Å². The number of fused-ring (bicyclic) bond motifs is 3. The highest BCUT2D eigenvalue weighted by atomic mass is 19.1. The van der Waals surface area contributed by atoms with Gasteiger partial charge in [0.05, 0.1) is 5.69 Å². The topological polar surface area (TPSA) is 51.2 Å². The van der Waals surface area contributed by atoms with E-state index in [2.05, 4.69) is 46.4 Å². The van der Waals surface area contributed by atoms with Crippen molar-refractivity contribution in [1.82, 2.24) is 10.3 Å². The Morgan fingerprint density at radius 3 is 2.40 bits per heavy atom. The molecule has 1 heterocycles. The van der Waals surface area contributed by atoms with Crippen molar-refractivity contribution in [3.05, 3.63) is 89.0 Å². The Labute approximate surface area is 175 Å². The molecule has 150 valence electrons. The first-order chi connectivity index (χ1) is 14.6. The van der Waals surface area contributed by atoms with Crippen LogP contribution in [0.1, 0.15) is 34.9 Å². The first-order valence-corrected chi connectivity index (χ1v) is 9.84. The van der Waals surface area contributed by atoms with Crippen molar-refractivity contribution in [3.63, 3.8) is 0 Å². The lowest BCUT2D eigenvalue weighted by Gasteiger charge is -2.14. The standard InChI is InChI=1S/C25H21FN2O2/c1-17-24(26)14-13-18(28-17)8-6-7-15-27-25(29)30-16-23-21-11-4-2-9-19(21)20-10-3-5-12-22(20)23/h2-5,9-14,23H,7,15-16H2,1H3,(H,27,29). The number of nitrogens with one attached hydrogen (secondary N) is 1. The molecule has 1 aliphatic carbocycles. The molecule has 4 nitrogen and oxygen atoms in total. The number of halogens is 1. The number of alkyl carbamates (subject to hydrolysis) is 1. The molecule has 0 spiro atoms. The third-order valence-electron chi connectivity index (χ3n) is 5.10. The van der Waals surface area contributed by atoms with Crippen molar-refractivity contribution < 1.29 is 13.9 Å². The summed E-state index contributed by atoms with van der Waals surface area (Å²) in [5.74, 6) is 5.48. The van der Waals surface area contributed by atoms with Crippen LogP contribution in [0.2, 0.25) is 0 Å². The largest absolute Gasteiger partial charge is 0.449 e. The predicted octanol–water partition coefficient (Wildman–Crippen LogP) is 4.81. The average Bonchev–Trinajstić information content (AvgIpc) is 3.08. The van der Waals surface area contributed by atoms with Gasteiger partial charge in [-0.1, -0.05) is 54.5 Å². The van der Waals surface area contributed by atoms with Crippen molar-refractivity contribution in [3.8, 4) is 23.0 Å². The Morgan fingerprint density at radius 1 is 1.07 bits per heavy atom. The van der Waals surface area contributed by atoms with Crippen molar-refractivity contribution >= 4 is 6.09 Å². The molecule has 1 N–H and O–H groups in total. The quantitative estimate of drug-likeness (QED) is 0.505. The summed E-state index contributed by atoms with van der Waals surface area (Å²) in [5, 5.41) is 2.72. The van der Waals surface area contributed by atoms with Crippen LogP contribution < -0.4 is 5.32 Å². The van der Waals surface area contributed by atoms with Gasteiger partial charge in [-0.25, -0.2) is 14.2 Å². The van der Waals surface area contributed by atoms with E-state index in [9.17, 15) is 9.18 Å². The molecule has 0 saturated heterocycles. The molecule has 4 rings (SSSR count). The van der Waals surface area contributed by atoms with Crippen LogP contribution in [-0.2, 0) is 4.74 Å². The second kappa shape index (κ2) is 8.79. The summed E-state index contributed by atoms with van der Waals surface area (Å²) in [6.45, 7) is 2.24. The molecular formula is C25H21FN2O2. The van der Waals surface area contributed by atoms with Crippen LogP contribution in [0, 0.1) is 24.6 Å². The zero-order chi connectivity index (χ0) is 20.9. The molecule has 0 saturated carbocycles. The monoisotopic (exact) mass is 400 g/mol. The number of hydrogen-bond donors (Lipinski definition) is 1. The third kappa shape index (κ3) is 4.18. The highest BCUT2D eigenvalue weighted by Crippen LogP contribution is 2.44. The molecular weight excluding hydrogens is 379 g/mol. The van der Waals surface area contributed by atoms with Crippen molar-refractivity contribution in [2.24, 2.45) is 0 Å². The molecule has 1 aliphatic rings. The van der Waals surface area contributed by atoms with Gasteiger partial charge >= 0.3 is 6.09 Å². The van der Waals surface area contributed by atoms with E-state index in [4.69, 9.17) is 4.74 Å². The summed E-state index contributed by atoms with van der Waals surface area (Å²) < 4.78 is 18.7. The number of amides is 1. The van der Waals surface area contributed by atoms with Crippen LogP contribution in [0.4, 0.5) is 9.18 Å². The van der Waals surface area contributed by atoms with Gasteiger partial charge in [-0.3, -0.25) is 0 Å². The summed E-state index contributed by atoms with van der Waals surface area (Å²) in [5.41, 5.74) is 5.58. The zero-order valence-electron chi connectivity index (χ0n) is 16.6. The molecule has 1 aromatic heterocycles. The Bertz CT molecular complexity index is 1100. The zero-order valence-corrected chi connectivity index (χ0v) is 16.6. The SMILES string of the molecule is Cc1nc(C#CCCNC(=O)OCC2c3ccccc3-c3ccccc32)ccc1F.